The van der Waals surface area contributed by atoms with E-state index < -0.39 is 0 Å². The van der Waals surface area contributed by atoms with Crippen molar-refractivity contribution in [3.8, 4) is 5.75 Å². The van der Waals surface area contributed by atoms with Gasteiger partial charge in [0, 0.05) is 10.6 Å². The van der Waals surface area contributed by atoms with E-state index in [4.69, 9.17) is 17.0 Å². The van der Waals surface area contributed by atoms with E-state index in [1.54, 1.807) is 0 Å². The van der Waals surface area contributed by atoms with Crippen molar-refractivity contribution in [1.82, 2.24) is 10.9 Å². The highest BCUT2D eigenvalue weighted by molar-refractivity contribution is 8.00. The number of rotatable bonds is 7. The molecular weight excluding hydrogens is 378 g/mol. The summed E-state index contributed by atoms with van der Waals surface area (Å²) in [6.07, 6.45) is 0.901. The molecule has 0 aliphatic carbocycles. The second-order valence-electron chi connectivity index (χ2n) is 5.78. The molecule has 0 fully saturated rings. The van der Waals surface area contributed by atoms with Crippen LogP contribution < -0.4 is 20.9 Å². The van der Waals surface area contributed by atoms with Gasteiger partial charge in [0.05, 0.1) is 12.4 Å². The fraction of sp³-hybridized carbons (Fsp3) is 0.300. The molecule has 0 heterocycles. The van der Waals surface area contributed by atoms with Crippen LogP contribution in [0.15, 0.2) is 47.4 Å². The van der Waals surface area contributed by atoms with Gasteiger partial charge in [0.2, 0.25) is 5.91 Å². The number of amides is 1. The van der Waals surface area contributed by atoms with Gasteiger partial charge in [-0.2, -0.15) is 0 Å². The van der Waals surface area contributed by atoms with E-state index >= 15 is 0 Å². The number of carbonyl (C=O) groups excluding carboxylic acids is 1. The van der Waals surface area contributed by atoms with Crippen molar-refractivity contribution in [2.24, 2.45) is 0 Å². The number of ether oxygens (including phenoxy) is 1. The monoisotopic (exact) mass is 403 g/mol. The molecule has 0 atom stereocenters. The maximum Gasteiger partial charge on any atom is 0.248 e. The maximum atomic E-state index is 12.0. The summed E-state index contributed by atoms with van der Waals surface area (Å²) in [6.45, 7) is 6.70. The predicted octanol–water partition coefficient (Wildman–Crippen LogP) is 4.07. The van der Waals surface area contributed by atoms with Gasteiger partial charge in [-0.1, -0.05) is 25.1 Å². The van der Waals surface area contributed by atoms with Gasteiger partial charge in [-0.15, -0.1) is 11.8 Å². The molecule has 3 N–H and O–H groups in total. The van der Waals surface area contributed by atoms with Gasteiger partial charge in [-0.3, -0.25) is 15.6 Å². The Labute approximate surface area is 170 Å². The van der Waals surface area contributed by atoms with E-state index in [2.05, 4.69) is 29.2 Å². The van der Waals surface area contributed by atoms with Gasteiger partial charge < -0.3 is 10.1 Å². The average molecular weight is 404 g/mol. The molecule has 2 aromatic carbocycles. The van der Waals surface area contributed by atoms with Gasteiger partial charge in [0.15, 0.2) is 5.11 Å². The van der Waals surface area contributed by atoms with Crippen LogP contribution in [0.3, 0.4) is 0 Å². The first-order valence-corrected chi connectivity index (χ1v) is 10.2. The molecule has 1 amide bonds. The normalized spacial score (nSPS) is 10.2. The molecule has 0 saturated carbocycles. The van der Waals surface area contributed by atoms with Crippen LogP contribution in [0.1, 0.15) is 25.0 Å². The lowest BCUT2D eigenvalue weighted by Crippen LogP contribution is -2.44. The Morgan fingerprint density at radius 2 is 1.85 bits per heavy atom. The second kappa shape index (κ2) is 10.8. The lowest BCUT2D eigenvalue weighted by Gasteiger charge is -2.16. The number of hydrazine groups is 1. The molecule has 0 saturated heterocycles. The zero-order valence-electron chi connectivity index (χ0n) is 15.8. The number of aryl methyl sites for hydroxylation is 2. The standard InChI is InChI=1S/C20H25N3O2S2/c1-4-15-8-6-7-14(3)19(15)21-20(26)23-22-18(24)13-27-17-11-9-16(10-12-17)25-5-2/h6-12H,4-5,13H2,1-3H3,(H,22,24)(H2,21,23,26). The number of para-hydroxylation sites is 1. The number of anilines is 1. The number of hydrogen-bond acceptors (Lipinski definition) is 4. The molecule has 144 valence electrons. The minimum absolute atomic E-state index is 0.154. The Balaban J connectivity index is 1.77. The molecule has 0 bridgehead atoms. The first kappa shape index (κ1) is 21.1. The molecule has 0 unspecified atom stereocenters. The number of thiocarbonyl (C=S) groups is 1. The van der Waals surface area contributed by atoms with Crippen LogP contribution in [0.25, 0.3) is 0 Å². The number of hydrogen-bond donors (Lipinski definition) is 3. The van der Waals surface area contributed by atoms with Crippen LogP contribution in [-0.2, 0) is 11.2 Å². The Morgan fingerprint density at radius 1 is 1.11 bits per heavy atom. The summed E-state index contributed by atoms with van der Waals surface area (Å²) in [6, 6.07) is 13.8. The second-order valence-corrected chi connectivity index (χ2v) is 7.24. The van der Waals surface area contributed by atoms with E-state index in [9.17, 15) is 4.79 Å². The minimum Gasteiger partial charge on any atom is -0.494 e. The highest BCUT2D eigenvalue weighted by Gasteiger charge is 2.08. The fourth-order valence-electron chi connectivity index (χ4n) is 2.46. The SMILES string of the molecule is CCOc1ccc(SCC(=O)NNC(=S)Nc2c(C)cccc2CC)cc1. The van der Waals surface area contributed by atoms with E-state index in [-0.39, 0.29) is 11.7 Å². The average Bonchev–Trinajstić information content (AvgIpc) is 2.67. The largest absolute Gasteiger partial charge is 0.494 e. The van der Waals surface area contributed by atoms with Crippen LogP contribution in [0.4, 0.5) is 5.69 Å². The predicted molar refractivity (Wildman–Crippen MR) is 116 cm³/mol. The first-order chi connectivity index (χ1) is 13.0. The van der Waals surface area contributed by atoms with Gasteiger partial charge in [0.1, 0.15) is 5.75 Å². The van der Waals surface area contributed by atoms with E-state index in [1.807, 2.05) is 50.2 Å². The van der Waals surface area contributed by atoms with Crippen molar-refractivity contribution in [2.45, 2.75) is 32.1 Å². The summed E-state index contributed by atoms with van der Waals surface area (Å²) in [5, 5.41) is 3.52. The summed E-state index contributed by atoms with van der Waals surface area (Å²) in [5.74, 6) is 0.958. The first-order valence-electron chi connectivity index (χ1n) is 8.83. The Kier molecular flexibility index (Phi) is 8.42. The van der Waals surface area contributed by atoms with Crippen LogP contribution in [0, 0.1) is 6.92 Å². The molecule has 0 radical (unpaired) electrons. The Hall–Kier alpha value is -2.25. The lowest BCUT2D eigenvalue weighted by molar-refractivity contribution is -0.119. The molecular formula is C20H25N3O2S2. The molecule has 27 heavy (non-hydrogen) atoms. The third-order valence-electron chi connectivity index (χ3n) is 3.80. The lowest BCUT2D eigenvalue weighted by atomic mass is 10.1. The number of benzene rings is 2. The maximum absolute atomic E-state index is 12.0. The molecule has 5 nitrogen and oxygen atoms in total. The van der Waals surface area contributed by atoms with Crippen LogP contribution in [0.5, 0.6) is 5.75 Å². The Bertz CT molecular complexity index is 779. The summed E-state index contributed by atoms with van der Waals surface area (Å²) in [7, 11) is 0. The van der Waals surface area contributed by atoms with Crippen molar-refractivity contribution >= 4 is 40.7 Å². The highest BCUT2D eigenvalue weighted by atomic mass is 32.2. The van der Waals surface area contributed by atoms with Gasteiger partial charge in [-0.25, -0.2) is 0 Å². The summed E-state index contributed by atoms with van der Waals surface area (Å²) in [5.41, 5.74) is 8.65. The molecule has 0 spiro atoms. The van der Waals surface area contributed by atoms with Crippen molar-refractivity contribution in [2.75, 3.05) is 17.7 Å². The van der Waals surface area contributed by atoms with Gasteiger partial charge in [0.25, 0.3) is 0 Å². The molecule has 0 aliphatic rings. The van der Waals surface area contributed by atoms with E-state index in [1.165, 1.54) is 17.3 Å². The zero-order chi connectivity index (χ0) is 19.6. The third-order valence-corrected chi connectivity index (χ3v) is 5.01. The van der Waals surface area contributed by atoms with Gasteiger partial charge >= 0.3 is 0 Å². The molecule has 2 aromatic rings. The van der Waals surface area contributed by atoms with Crippen LogP contribution >= 0.6 is 24.0 Å². The summed E-state index contributed by atoms with van der Waals surface area (Å²) in [4.78, 5) is 13.0. The Morgan fingerprint density at radius 3 is 2.52 bits per heavy atom. The number of carbonyl (C=O) groups is 1. The van der Waals surface area contributed by atoms with Crippen molar-refractivity contribution in [3.63, 3.8) is 0 Å². The fourth-order valence-corrected chi connectivity index (χ4v) is 3.31. The van der Waals surface area contributed by atoms with Crippen molar-refractivity contribution in [3.05, 3.63) is 53.6 Å². The third kappa shape index (κ3) is 6.77. The van der Waals surface area contributed by atoms with Gasteiger partial charge in [-0.05, 0) is 67.9 Å². The van der Waals surface area contributed by atoms with Crippen molar-refractivity contribution < 1.29 is 9.53 Å². The quantitative estimate of drug-likeness (QED) is 0.368. The molecule has 7 heteroatoms. The summed E-state index contributed by atoms with van der Waals surface area (Å²) >= 11 is 6.73. The smallest absolute Gasteiger partial charge is 0.248 e. The van der Waals surface area contributed by atoms with E-state index in [0.717, 1.165) is 28.3 Å². The number of nitrogens with one attached hydrogen (secondary N) is 3. The highest BCUT2D eigenvalue weighted by Crippen LogP contribution is 2.22. The number of thioether (sulfide) groups is 1. The minimum atomic E-state index is -0.154. The molecule has 0 aliphatic heterocycles. The summed E-state index contributed by atoms with van der Waals surface area (Å²) < 4.78 is 5.41. The van der Waals surface area contributed by atoms with Crippen LogP contribution in [-0.4, -0.2) is 23.4 Å². The zero-order valence-corrected chi connectivity index (χ0v) is 17.4. The van der Waals surface area contributed by atoms with Crippen molar-refractivity contribution in [1.29, 1.82) is 0 Å². The topological polar surface area (TPSA) is 62.4 Å². The molecule has 0 aromatic heterocycles. The van der Waals surface area contributed by atoms with E-state index in [0.29, 0.717) is 11.7 Å². The van der Waals surface area contributed by atoms with Crippen LogP contribution in [0.2, 0.25) is 0 Å². The molecule has 2 rings (SSSR count).